The Kier molecular flexibility index (Phi) is 7.42. The van der Waals surface area contributed by atoms with Gasteiger partial charge in [-0.25, -0.2) is 4.39 Å². The molecule has 134 valence electrons. The lowest BCUT2D eigenvalue weighted by molar-refractivity contribution is -0.127. The van der Waals surface area contributed by atoms with Crippen LogP contribution < -0.4 is 5.32 Å². The summed E-state index contributed by atoms with van der Waals surface area (Å²) < 4.78 is 13.0. The Balaban J connectivity index is 1.71. The minimum atomic E-state index is -0.290. The summed E-state index contributed by atoms with van der Waals surface area (Å²) in [7, 11) is 0. The highest BCUT2D eigenvalue weighted by Gasteiger charge is 2.19. The first-order valence-corrected chi connectivity index (χ1v) is 8.53. The van der Waals surface area contributed by atoms with E-state index in [0.29, 0.717) is 32.6 Å². The molecule has 1 fully saturated rings. The SMILES string of the molecule is C#CCN(CC(=O)NCCCN1CCCC1=O)Cc1ccc(F)cc1. The molecule has 1 saturated heterocycles. The van der Waals surface area contributed by atoms with Crippen LogP contribution in [0.5, 0.6) is 0 Å². The van der Waals surface area contributed by atoms with Crippen LogP contribution in [0.4, 0.5) is 4.39 Å². The highest BCUT2D eigenvalue weighted by atomic mass is 19.1. The number of hydrogen-bond donors (Lipinski definition) is 1. The Morgan fingerprint density at radius 1 is 1.36 bits per heavy atom. The third-order valence-corrected chi connectivity index (χ3v) is 4.10. The summed E-state index contributed by atoms with van der Waals surface area (Å²) in [4.78, 5) is 27.2. The Hall–Kier alpha value is -2.39. The third kappa shape index (κ3) is 6.55. The molecular weight excluding hydrogens is 321 g/mol. The van der Waals surface area contributed by atoms with Gasteiger partial charge in [-0.3, -0.25) is 14.5 Å². The van der Waals surface area contributed by atoms with Crippen LogP contribution in [0.25, 0.3) is 0 Å². The molecular formula is C19H24FN3O2. The molecule has 6 heteroatoms. The number of carbonyl (C=O) groups excluding carboxylic acids is 2. The van der Waals surface area contributed by atoms with Crippen LogP contribution in [0.3, 0.4) is 0 Å². The normalized spacial score (nSPS) is 14.0. The number of rotatable bonds is 9. The molecule has 1 heterocycles. The van der Waals surface area contributed by atoms with Crippen molar-refractivity contribution < 1.29 is 14.0 Å². The molecule has 2 amide bonds. The number of likely N-dealkylation sites (tertiary alicyclic amines) is 1. The van der Waals surface area contributed by atoms with Gasteiger partial charge in [-0.2, -0.15) is 0 Å². The van der Waals surface area contributed by atoms with Crippen molar-refractivity contribution in [3.63, 3.8) is 0 Å². The van der Waals surface area contributed by atoms with Gasteiger partial charge in [-0.15, -0.1) is 6.42 Å². The van der Waals surface area contributed by atoms with E-state index in [2.05, 4.69) is 11.2 Å². The van der Waals surface area contributed by atoms with Gasteiger partial charge < -0.3 is 10.2 Å². The lowest BCUT2D eigenvalue weighted by Gasteiger charge is -2.20. The molecule has 5 nitrogen and oxygen atoms in total. The standard InChI is InChI=1S/C19H24FN3O2/c1-2-11-22(14-16-6-8-17(20)9-7-16)15-18(24)21-10-4-13-23-12-3-5-19(23)25/h1,6-9H,3-5,10-15H2,(H,21,24). The van der Waals surface area contributed by atoms with Crippen molar-refractivity contribution in [2.45, 2.75) is 25.8 Å². The molecule has 1 aromatic carbocycles. The number of benzene rings is 1. The van der Waals surface area contributed by atoms with Gasteiger partial charge in [0.05, 0.1) is 13.1 Å². The average Bonchev–Trinajstić information content (AvgIpc) is 2.99. The van der Waals surface area contributed by atoms with E-state index >= 15 is 0 Å². The van der Waals surface area contributed by atoms with Crippen molar-refractivity contribution in [3.8, 4) is 12.3 Å². The maximum Gasteiger partial charge on any atom is 0.234 e. The van der Waals surface area contributed by atoms with E-state index < -0.39 is 0 Å². The third-order valence-electron chi connectivity index (χ3n) is 4.10. The van der Waals surface area contributed by atoms with Crippen LogP contribution in [-0.2, 0) is 16.1 Å². The molecule has 0 spiro atoms. The Bertz CT molecular complexity index is 625. The first-order valence-electron chi connectivity index (χ1n) is 8.53. The molecule has 0 radical (unpaired) electrons. The van der Waals surface area contributed by atoms with Crippen molar-refractivity contribution in [1.29, 1.82) is 0 Å². The van der Waals surface area contributed by atoms with Crippen LogP contribution in [0.15, 0.2) is 24.3 Å². The fraction of sp³-hybridized carbons (Fsp3) is 0.474. The van der Waals surface area contributed by atoms with Crippen LogP contribution >= 0.6 is 0 Å². The maximum absolute atomic E-state index is 13.0. The highest BCUT2D eigenvalue weighted by molar-refractivity contribution is 5.78. The Morgan fingerprint density at radius 2 is 2.12 bits per heavy atom. The second kappa shape index (κ2) is 9.80. The predicted octanol–water partition coefficient (Wildman–Crippen LogP) is 1.39. The van der Waals surface area contributed by atoms with Gasteiger partial charge in [0.2, 0.25) is 11.8 Å². The summed E-state index contributed by atoms with van der Waals surface area (Å²) >= 11 is 0. The predicted molar refractivity (Wildman–Crippen MR) is 94.0 cm³/mol. The van der Waals surface area contributed by atoms with E-state index in [0.717, 1.165) is 24.9 Å². The van der Waals surface area contributed by atoms with Gasteiger partial charge in [0, 0.05) is 32.6 Å². The summed E-state index contributed by atoms with van der Waals surface area (Å²) in [6, 6.07) is 6.15. The van der Waals surface area contributed by atoms with E-state index in [1.54, 1.807) is 12.1 Å². The van der Waals surface area contributed by atoms with Gasteiger partial charge in [-0.05, 0) is 30.5 Å². The minimum Gasteiger partial charge on any atom is -0.355 e. The zero-order valence-electron chi connectivity index (χ0n) is 14.3. The smallest absolute Gasteiger partial charge is 0.234 e. The van der Waals surface area contributed by atoms with E-state index in [-0.39, 0.29) is 24.2 Å². The lowest BCUT2D eigenvalue weighted by Crippen LogP contribution is -2.38. The van der Waals surface area contributed by atoms with Crippen molar-refractivity contribution in [2.24, 2.45) is 0 Å². The van der Waals surface area contributed by atoms with Crippen LogP contribution in [0.1, 0.15) is 24.8 Å². The van der Waals surface area contributed by atoms with Crippen LogP contribution in [-0.4, -0.2) is 54.3 Å². The quantitative estimate of drug-likeness (QED) is 0.544. The first-order chi connectivity index (χ1) is 12.1. The fourth-order valence-electron chi connectivity index (χ4n) is 2.84. The topological polar surface area (TPSA) is 52.7 Å². The van der Waals surface area contributed by atoms with Gasteiger partial charge >= 0.3 is 0 Å². The molecule has 0 aliphatic carbocycles. The molecule has 0 saturated carbocycles. The zero-order valence-corrected chi connectivity index (χ0v) is 14.3. The maximum atomic E-state index is 13.0. The summed E-state index contributed by atoms with van der Waals surface area (Å²) in [5.41, 5.74) is 0.900. The van der Waals surface area contributed by atoms with Crippen molar-refractivity contribution in [1.82, 2.24) is 15.1 Å². The monoisotopic (exact) mass is 345 g/mol. The van der Waals surface area contributed by atoms with Gasteiger partial charge in [-0.1, -0.05) is 18.1 Å². The molecule has 1 aliphatic rings. The number of halogens is 1. The van der Waals surface area contributed by atoms with Crippen molar-refractivity contribution >= 4 is 11.8 Å². The lowest BCUT2D eigenvalue weighted by atomic mass is 10.2. The van der Waals surface area contributed by atoms with E-state index in [4.69, 9.17) is 6.42 Å². The minimum absolute atomic E-state index is 0.106. The van der Waals surface area contributed by atoms with Gasteiger partial charge in [0.1, 0.15) is 5.82 Å². The Labute approximate surface area is 148 Å². The first kappa shape index (κ1) is 18.9. The molecule has 25 heavy (non-hydrogen) atoms. The largest absolute Gasteiger partial charge is 0.355 e. The second-order valence-electron chi connectivity index (χ2n) is 6.16. The summed E-state index contributed by atoms with van der Waals surface area (Å²) in [6.45, 7) is 3.05. The number of nitrogens with one attached hydrogen (secondary N) is 1. The number of amides is 2. The fourth-order valence-corrected chi connectivity index (χ4v) is 2.84. The molecule has 0 aromatic heterocycles. The van der Waals surface area contributed by atoms with Crippen LogP contribution in [0, 0.1) is 18.2 Å². The van der Waals surface area contributed by atoms with Crippen molar-refractivity contribution in [2.75, 3.05) is 32.7 Å². The number of nitrogens with zero attached hydrogens (tertiary/aromatic N) is 2. The van der Waals surface area contributed by atoms with E-state index in [1.807, 2.05) is 9.80 Å². The van der Waals surface area contributed by atoms with E-state index in [9.17, 15) is 14.0 Å². The summed E-state index contributed by atoms with van der Waals surface area (Å²) in [5.74, 6) is 2.34. The van der Waals surface area contributed by atoms with Gasteiger partial charge in [0.15, 0.2) is 0 Å². The number of carbonyl (C=O) groups is 2. The average molecular weight is 345 g/mol. The van der Waals surface area contributed by atoms with Gasteiger partial charge in [0.25, 0.3) is 0 Å². The second-order valence-corrected chi connectivity index (χ2v) is 6.16. The van der Waals surface area contributed by atoms with E-state index in [1.165, 1.54) is 12.1 Å². The van der Waals surface area contributed by atoms with Crippen LogP contribution in [0.2, 0.25) is 0 Å². The highest BCUT2D eigenvalue weighted by Crippen LogP contribution is 2.09. The summed E-state index contributed by atoms with van der Waals surface area (Å²) in [5, 5.41) is 2.86. The molecule has 1 aromatic rings. The van der Waals surface area contributed by atoms with Crippen molar-refractivity contribution in [3.05, 3.63) is 35.6 Å². The molecule has 1 N–H and O–H groups in total. The zero-order chi connectivity index (χ0) is 18.1. The molecule has 0 unspecified atom stereocenters. The summed E-state index contributed by atoms with van der Waals surface area (Å²) in [6.07, 6.45) is 7.67. The molecule has 2 rings (SSSR count). The number of terminal acetylenes is 1. The molecule has 1 aliphatic heterocycles. The molecule has 0 atom stereocenters. The Morgan fingerprint density at radius 3 is 2.76 bits per heavy atom. The molecule has 0 bridgehead atoms. The number of hydrogen-bond acceptors (Lipinski definition) is 3.